The van der Waals surface area contributed by atoms with Crippen LogP contribution in [0.25, 0.3) is 0 Å². The van der Waals surface area contributed by atoms with Crippen LogP contribution in [-0.4, -0.2) is 29.2 Å². The first kappa shape index (κ1) is 17.2. The number of nitrogens with one attached hydrogen (secondary N) is 1. The maximum Gasteiger partial charge on any atom is 0.240 e. The molecule has 0 aliphatic heterocycles. The van der Waals surface area contributed by atoms with E-state index in [9.17, 15) is 12.8 Å². The number of methoxy groups -OCH3 is 2. The Kier molecular flexibility index (Phi) is 5.57. The van der Waals surface area contributed by atoms with Crippen LogP contribution in [0.2, 0.25) is 0 Å². The topological polar surface area (TPSA) is 64.6 Å². The van der Waals surface area contributed by atoms with Crippen LogP contribution >= 0.6 is 0 Å². The van der Waals surface area contributed by atoms with Gasteiger partial charge in [-0.05, 0) is 42.3 Å². The van der Waals surface area contributed by atoms with E-state index in [0.717, 1.165) is 17.4 Å². The van der Waals surface area contributed by atoms with E-state index in [4.69, 9.17) is 9.47 Å². The Bertz CT molecular complexity index is 760. The third-order valence-electron chi connectivity index (χ3n) is 3.30. The molecule has 124 valence electrons. The molecule has 0 atom stereocenters. The van der Waals surface area contributed by atoms with E-state index >= 15 is 0 Å². The Morgan fingerprint density at radius 2 is 1.74 bits per heavy atom. The van der Waals surface area contributed by atoms with Crippen molar-refractivity contribution < 1.29 is 22.3 Å². The van der Waals surface area contributed by atoms with Crippen LogP contribution in [0, 0.1) is 5.82 Å². The van der Waals surface area contributed by atoms with Gasteiger partial charge in [0.05, 0.1) is 19.1 Å². The van der Waals surface area contributed by atoms with Gasteiger partial charge in [-0.25, -0.2) is 17.5 Å². The van der Waals surface area contributed by atoms with Gasteiger partial charge in [-0.1, -0.05) is 12.1 Å². The van der Waals surface area contributed by atoms with Gasteiger partial charge in [-0.15, -0.1) is 0 Å². The second-order valence-electron chi connectivity index (χ2n) is 4.79. The highest BCUT2D eigenvalue weighted by Crippen LogP contribution is 2.20. The van der Waals surface area contributed by atoms with E-state index in [2.05, 4.69) is 4.72 Å². The average Bonchev–Trinajstić information content (AvgIpc) is 2.55. The number of ether oxygens (including phenoxy) is 2. The van der Waals surface area contributed by atoms with Crippen LogP contribution in [-0.2, 0) is 16.4 Å². The van der Waals surface area contributed by atoms with Gasteiger partial charge in [0.15, 0.2) is 11.6 Å². The molecule has 0 unspecified atom stereocenters. The fourth-order valence-electron chi connectivity index (χ4n) is 2.02. The minimum atomic E-state index is -3.76. The lowest BCUT2D eigenvalue weighted by atomic mass is 10.1. The largest absolute Gasteiger partial charge is 0.497 e. The number of rotatable bonds is 7. The van der Waals surface area contributed by atoms with Crippen molar-refractivity contribution in [2.24, 2.45) is 0 Å². The average molecular weight is 339 g/mol. The molecule has 0 aromatic heterocycles. The highest BCUT2D eigenvalue weighted by atomic mass is 32.2. The van der Waals surface area contributed by atoms with E-state index < -0.39 is 15.8 Å². The third kappa shape index (κ3) is 4.43. The second kappa shape index (κ2) is 7.43. The molecule has 2 aromatic carbocycles. The summed E-state index contributed by atoms with van der Waals surface area (Å²) in [6.45, 7) is 0.211. The van der Waals surface area contributed by atoms with Crippen LogP contribution in [0.5, 0.6) is 11.5 Å². The normalized spacial score (nSPS) is 11.3. The molecule has 0 saturated carbocycles. The van der Waals surface area contributed by atoms with Crippen molar-refractivity contribution in [1.29, 1.82) is 0 Å². The van der Waals surface area contributed by atoms with Gasteiger partial charge in [-0.3, -0.25) is 0 Å². The van der Waals surface area contributed by atoms with Crippen LogP contribution in [0.15, 0.2) is 47.4 Å². The van der Waals surface area contributed by atoms with Crippen LogP contribution in [0.4, 0.5) is 4.39 Å². The van der Waals surface area contributed by atoms with Crippen molar-refractivity contribution in [2.45, 2.75) is 11.3 Å². The molecule has 0 amide bonds. The lowest BCUT2D eigenvalue weighted by molar-refractivity contribution is 0.385. The number of benzene rings is 2. The van der Waals surface area contributed by atoms with Crippen molar-refractivity contribution in [3.05, 3.63) is 53.8 Å². The maximum absolute atomic E-state index is 13.6. The van der Waals surface area contributed by atoms with Crippen molar-refractivity contribution >= 4 is 10.0 Å². The molecule has 0 aliphatic carbocycles. The minimum absolute atomic E-state index is 0.00202. The number of hydrogen-bond acceptors (Lipinski definition) is 4. The molecule has 2 rings (SSSR count). The lowest BCUT2D eigenvalue weighted by Crippen LogP contribution is -2.26. The fourth-order valence-corrected chi connectivity index (χ4v) is 3.06. The molecule has 1 N–H and O–H groups in total. The molecule has 0 heterocycles. The Hall–Kier alpha value is -2.12. The van der Waals surface area contributed by atoms with Gasteiger partial charge in [0.25, 0.3) is 0 Å². The predicted octanol–water partition coefficient (Wildman–Crippen LogP) is 2.36. The van der Waals surface area contributed by atoms with Gasteiger partial charge in [-0.2, -0.15) is 0 Å². The second-order valence-corrected chi connectivity index (χ2v) is 6.56. The number of hydrogen-bond donors (Lipinski definition) is 1. The minimum Gasteiger partial charge on any atom is -0.497 e. The van der Waals surface area contributed by atoms with Crippen molar-refractivity contribution in [3.8, 4) is 11.5 Å². The standard InChI is InChI=1S/C16H18FNO4S/c1-21-13-5-3-12(4-6-13)9-10-18-23(19,20)14-7-8-16(22-2)15(17)11-14/h3-8,11,18H,9-10H2,1-2H3. The summed E-state index contributed by atoms with van der Waals surface area (Å²) in [5, 5.41) is 0. The van der Waals surface area contributed by atoms with Gasteiger partial charge in [0.1, 0.15) is 5.75 Å². The molecule has 23 heavy (non-hydrogen) atoms. The molecule has 7 heteroatoms. The molecule has 0 bridgehead atoms. The molecule has 0 spiro atoms. The first-order valence-electron chi connectivity index (χ1n) is 6.92. The lowest BCUT2D eigenvalue weighted by Gasteiger charge is -2.09. The maximum atomic E-state index is 13.6. The zero-order valence-electron chi connectivity index (χ0n) is 12.9. The summed E-state index contributed by atoms with van der Waals surface area (Å²) in [6.07, 6.45) is 0.516. The van der Waals surface area contributed by atoms with Gasteiger partial charge in [0.2, 0.25) is 10.0 Å². The fraction of sp³-hybridized carbons (Fsp3) is 0.250. The molecule has 5 nitrogen and oxygen atoms in total. The molecule has 0 saturated heterocycles. The van der Waals surface area contributed by atoms with E-state index in [1.165, 1.54) is 19.2 Å². The van der Waals surface area contributed by atoms with Crippen molar-refractivity contribution in [1.82, 2.24) is 4.72 Å². The summed E-state index contributed by atoms with van der Waals surface area (Å²) in [4.78, 5) is -0.134. The first-order chi connectivity index (χ1) is 11.0. The van der Waals surface area contributed by atoms with Gasteiger partial charge >= 0.3 is 0 Å². The summed E-state index contributed by atoms with van der Waals surface area (Å²) in [7, 11) is -0.861. The third-order valence-corrected chi connectivity index (χ3v) is 4.76. The highest BCUT2D eigenvalue weighted by Gasteiger charge is 2.16. The smallest absolute Gasteiger partial charge is 0.240 e. The van der Waals surface area contributed by atoms with E-state index in [0.29, 0.717) is 6.42 Å². The van der Waals surface area contributed by atoms with Crippen LogP contribution in [0.3, 0.4) is 0 Å². The number of sulfonamides is 1. The quantitative estimate of drug-likeness (QED) is 0.841. The van der Waals surface area contributed by atoms with Crippen molar-refractivity contribution in [3.63, 3.8) is 0 Å². The molecular formula is C16H18FNO4S. The zero-order chi connectivity index (χ0) is 16.9. The van der Waals surface area contributed by atoms with Gasteiger partial charge < -0.3 is 9.47 Å². The summed E-state index contributed by atoms with van der Waals surface area (Å²) >= 11 is 0. The van der Waals surface area contributed by atoms with Crippen LogP contribution < -0.4 is 14.2 Å². The zero-order valence-corrected chi connectivity index (χ0v) is 13.7. The molecule has 2 aromatic rings. The molecule has 0 fully saturated rings. The number of halogens is 1. The predicted molar refractivity (Wildman–Crippen MR) is 84.8 cm³/mol. The monoisotopic (exact) mass is 339 g/mol. The van der Waals surface area contributed by atoms with E-state index in [1.54, 1.807) is 7.11 Å². The van der Waals surface area contributed by atoms with Crippen LogP contribution in [0.1, 0.15) is 5.56 Å². The van der Waals surface area contributed by atoms with E-state index in [1.807, 2.05) is 24.3 Å². The summed E-state index contributed by atoms with van der Waals surface area (Å²) in [5.74, 6) is 0.0238. The Morgan fingerprint density at radius 1 is 1.04 bits per heavy atom. The Balaban J connectivity index is 1.99. The molecule has 0 aliphatic rings. The SMILES string of the molecule is COc1ccc(CCNS(=O)(=O)c2ccc(OC)c(F)c2)cc1. The first-order valence-corrected chi connectivity index (χ1v) is 8.40. The van der Waals surface area contributed by atoms with E-state index in [-0.39, 0.29) is 17.2 Å². The Labute approximate surface area is 135 Å². The van der Waals surface area contributed by atoms with Crippen molar-refractivity contribution in [2.75, 3.05) is 20.8 Å². The molecular weight excluding hydrogens is 321 g/mol. The Morgan fingerprint density at radius 3 is 2.30 bits per heavy atom. The summed E-state index contributed by atoms with van der Waals surface area (Å²) in [5.41, 5.74) is 0.967. The highest BCUT2D eigenvalue weighted by molar-refractivity contribution is 7.89. The van der Waals surface area contributed by atoms with Gasteiger partial charge in [0, 0.05) is 6.54 Å². The summed E-state index contributed by atoms with van der Waals surface area (Å²) in [6, 6.07) is 10.9. The summed E-state index contributed by atoms with van der Waals surface area (Å²) < 4.78 is 50.2. The molecule has 0 radical (unpaired) electrons.